The monoisotopic (exact) mass is 315 g/mol. The smallest absolute Gasteiger partial charge is 0.248 e. The van der Waals surface area contributed by atoms with Gasteiger partial charge in [-0.25, -0.2) is 0 Å². The SMILES string of the molecule is CCC(Nc1nnnn1-c1ccccc1)C(=O)NCC1CNC1. The quantitative estimate of drug-likeness (QED) is 0.675. The van der Waals surface area contributed by atoms with Gasteiger partial charge in [-0.15, -0.1) is 0 Å². The van der Waals surface area contributed by atoms with Crippen molar-refractivity contribution in [1.29, 1.82) is 0 Å². The third kappa shape index (κ3) is 3.65. The lowest BCUT2D eigenvalue weighted by Crippen LogP contribution is -2.50. The highest BCUT2D eigenvalue weighted by atomic mass is 16.2. The Morgan fingerprint density at radius 1 is 1.39 bits per heavy atom. The Morgan fingerprint density at radius 3 is 2.83 bits per heavy atom. The van der Waals surface area contributed by atoms with Crippen molar-refractivity contribution in [2.45, 2.75) is 19.4 Å². The number of aromatic nitrogens is 4. The summed E-state index contributed by atoms with van der Waals surface area (Å²) in [6.07, 6.45) is 0.649. The molecule has 1 amide bonds. The van der Waals surface area contributed by atoms with Crippen LogP contribution in [-0.4, -0.2) is 51.8 Å². The van der Waals surface area contributed by atoms with Gasteiger partial charge in [0.25, 0.3) is 0 Å². The van der Waals surface area contributed by atoms with Crippen molar-refractivity contribution >= 4 is 11.9 Å². The number of tetrazole rings is 1. The van der Waals surface area contributed by atoms with Crippen LogP contribution in [0.5, 0.6) is 0 Å². The maximum Gasteiger partial charge on any atom is 0.248 e. The van der Waals surface area contributed by atoms with E-state index in [-0.39, 0.29) is 11.9 Å². The van der Waals surface area contributed by atoms with Gasteiger partial charge in [-0.2, -0.15) is 4.68 Å². The number of para-hydroxylation sites is 1. The summed E-state index contributed by atoms with van der Waals surface area (Å²) in [7, 11) is 0. The molecule has 2 aromatic rings. The molecule has 0 bridgehead atoms. The predicted octanol–water partition coefficient (Wildman–Crippen LogP) is 0.188. The zero-order valence-electron chi connectivity index (χ0n) is 13.1. The number of nitrogens with zero attached hydrogens (tertiary/aromatic N) is 4. The van der Waals surface area contributed by atoms with Crippen molar-refractivity contribution in [3.05, 3.63) is 30.3 Å². The molecule has 8 heteroatoms. The summed E-state index contributed by atoms with van der Waals surface area (Å²) in [6, 6.07) is 9.21. The first kappa shape index (κ1) is 15.4. The van der Waals surface area contributed by atoms with E-state index < -0.39 is 0 Å². The molecule has 1 unspecified atom stereocenters. The number of hydrogen-bond acceptors (Lipinski definition) is 6. The zero-order chi connectivity index (χ0) is 16.1. The molecule has 3 rings (SSSR count). The van der Waals surface area contributed by atoms with Gasteiger partial charge in [0.05, 0.1) is 5.69 Å². The summed E-state index contributed by atoms with van der Waals surface area (Å²) in [5, 5.41) is 21.0. The summed E-state index contributed by atoms with van der Waals surface area (Å²) in [4.78, 5) is 12.3. The number of hydrogen-bond donors (Lipinski definition) is 3. The van der Waals surface area contributed by atoms with Crippen LogP contribution in [-0.2, 0) is 4.79 Å². The van der Waals surface area contributed by atoms with Crippen molar-refractivity contribution < 1.29 is 4.79 Å². The van der Waals surface area contributed by atoms with E-state index in [0.717, 1.165) is 18.8 Å². The number of nitrogens with one attached hydrogen (secondary N) is 3. The molecule has 122 valence electrons. The summed E-state index contributed by atoms with van der Waals surface area (Å²) in [5.41, 5.74) is 0.843. The minimum absolute atomic E-state index is 0.0259. The third-order valence-electron chi connectivity index (χ3n) is 3.93. The summed E-state index contributed by atoms with van der Waals surface area (Å²) in [6.45, 7) is 4.60. The Bertz CT molecular complexity index is 638. The van der Waals surface area contributed by atoms with Gasteiger partial charge in [0, 0.05) is 25.6 Å². The van der Waals surface area contributed by atoms with Gasteiger partial charge < -0.3 is 16.0 Å². The van der Waals surface area contributed by atoms with Gasteiger partial charge in [0.2, 0.25) is 11.9 Å². The first-order chi connectivity index (χ1) is 11.3. The normalized spacial score (nSPS) is 15.7. The molecule has 0 spiro atoms. The Hall–Kier alpha value is -2.48. The Kier molecular flexibility index (Phi) is 4.82. The molecule has 1 aliphatic heterocycles. The van der Waals surface area contributed by atoms with Gasteiger partial charge in [-0.05, 0) is 29.0 Å². The topological polar surface area (TPSA) is 96.8 Å². The number of carbonyl (C=O) groups is 1. The van der Waals surface area contributed by atoms with Gasteiger partial charge >= 0.3 is 0 Å². The fraction of sp³-hybridized carbons (Fsp3) is 0.467. The van der Waals surface area contributed by atoms with E-state index >= 15 is 0 Å². The van der Waals surface area contributed by atoms with Crippen LogP contribution < -0.4 is 16.0 Å². The second-order valence-corrected chi connectivity index (χ2v) is 5.62. The molecule has 3 N–H and O–H groups in total. The van der Waals surface area contributed by atoms with E-state index in [4.69, 9.17) is 0 Å². The predicted molar refractivity (Wildman–Crippen MR) is 86.2 cm³/mol. The van der Waals surface area contributed by atoms with Crippen LogP contribution in [0.4, 0.5) is 5.95 Å². The van der Waals surface area contributed by atoms with Crippen LogP contribution >= 0.6 is 0 Å². The summed E-state index contributed by atoms with van der Waals surface area (Å²) >= 11 is 0. The molecule has 1 aromatic carbocycles. The third-order valence-corrected chi connectivity index (χ3v) is 3.93. The average molecular weight is 315 g/mol. The molecule has 1 aliphatic rings. The second kappa shape index (κ2) is 7.19. The van der Waals surface area contributed by atoms with Crippen LogP contribution in [0.1, 0.15) is 13.3 Å². The first-order valence-corrected chi connectivity index (χ1v) is 7.86. The minimum Gasteiger partial charge on any atom is -0.354 e. The molecular formula is C15H21N7O. The zero-order valence-corrected chi connectivity index (χ0v) is 13.1. The number of benzene rings is 1. The highest BCUT2D eigenvalue weighted by molar-refractivity contribution is 5.84. The van der Waals surface area contributed by atoms with Crippen molar-refractivity contribution in [2.24, 2.45) is 5.92 Å². The number of rotatable bonds is 7. The van der Waals surface area contributed by atoms with Crippen molar-refractivity contribution in [3.8, 4) is 5.69 Å². The maximum atomic E-state index is 12.3. The largest absolute Gasteiger partial charge is 0.354 e. The van der Waals surface area contributed by atoms with Crippen LogP contribution in [0.3, 0.4) is 0 Å². The highest BCUT2D eigenvalue weighted by Gasteiger charge is 2.22. The molecule has 1 aromatic heterocycles. The van der Waals surface area contributed by atoms with Crippen LogP contribution in [0.15, 0.2) is 30.3 Å². The lowest BCUT2D eigenvalue weighted by Gasteiger charge is -2.28. The Morgan fingerprint density at radius 2 is 2.17 bits per heavy atom. The summed E-state index contributed by atoms with van der Waals surface area (Å²) < 4.78 is 1.59. The minimum atomic E-state index is -0.364. The van der Waals surface area contributed by atoms with E-state index in [0.29, 0.717) is 24.8 Å². The summed E-state index contributed by atoms with van der Waals surface area (Å²) in [5.74, 6) is 0.969. The van der Waals surface area contributed by atoms with Crippen LogP contribution in [0, 0.1) is 5.92 Å². The molecule has 1 atom stereocenters. The Balaban J connectivity index is 1.65. The van der Waals surface area contributed by atoms with Crippen molar-refractivity contribution in [3.63, 3.8) is 0 Å². The lowest BCUT2D eigenvalue weighted by molar-refractivity contribution is -0.122. The second-order valence-electron chi connectivity index (χ2n) is 5.62. The van der Waals surface area contributed by atoms with E-state index in [2.05, 4.69) is 31.5 Å². The van der Waals surface area contributed by atoms with E-state index in [1.165, 1.54) is 0 Å². The van der Waals surface area contributed by atoms with E-state index in [1.807, 2.05) is 37.3 Å². The van der Waals surface area contributed by atoms with Gasteiger partial charge in [-0.3, -0.25) is 4.79 Å². The van der Waals surface area contributed by atoms with Crippen LogP contribution in [0.2, 0.25) is 0 Å². The molecule has 0 radical (unpaired) electrons. The molecule has 8 nitrogen and oxygen atoms in total. The number of anilines is 1. The first-order valence-electron chi connectivity index (χ1n) is 7.86. The molecule has 1 fully saturated rings. The molecule has 1 saturated heterocycles. The Labute approximate surface area is 134 Å². The lowest BCUT2D eigenvalue weighted by atomic mass is 10.0. The number of carbonyl (C=O) groups excluding carboxylic acids is 1. The number of amides is 1. The van der Waals surface area contributed by atoms with Gasteiger partial charge in [0.15, 0.2) is 0 Å². The molecule has 23 heavy (non-hydrogen) atoms. The fourth-order valence-electron chi connectivity index (χ4n) is 2.39. The van der Waals surface area contributed by atoms with Gasteiger partial charge in [-0.1, -0.05) is 30.2 Å². The van der Waals surface area contributed by atoms with Crippen LogP contribution in [0.25, 0.3) is 5.69 Å². The molecule has 2 heterocycles. The standard InChI is InChI=1S/C15H21N7O/c1-2-13(14(23)17-10-11-8-16-9-11)18-15-19-20-21-22(15)12-6-4-3-5-7-12/h3-7,11,13,16H,2,8-10H2,1H3,(H,17,23)(H,18,19,21). The molecule has 0 aliphatic carbocycles. The molecule has 0 saturated carbocycles. The fourth-order valence-corrected chi connectivity index (χ4v) is 2.39. The highest BCUT2D eigenvalue weighted by Crippen LogP contribution is 2.12. The maximum absolute atomic E-state index is 12.3. The van der Waals surface area contributed by atoms with Crippen molar-refractivity contribution in [1.82, 2.24) is 30.8 Å². The average Bonchev–Trinajstić information content (AvgIpc) is 3.00. The van der Waals surface area contributed by atoms with E-state index in [1.54, 1.807) is 4.68 Å². The van der Waals surface area contributed by atoms with Crippen molar-refractivity contribution in [2.75, 3.05) is 25.0 Å². The molecular weight excluding hydrogens is 294 g/mol. The van der Waals surface area contributed by atoms with Gasteiger partial charge in [0.1, 0.15) is 6.04 Å². The van der Waals surface area contributed by atoms with E-state index in [9.17, 15) is 4.79 Å².